The Morgan fingerprint density at radius 2 is 1.87 bits per heavy atom. The van der Waals surface area contributed by atoms with Gasteiger partial charge < -0.3 is 10.4 Å². The van der Waals surface area contributed by atoms with Crippen molar-refractivity contribution in [3.05, 3.63) is 0 Å². The van der Waals surface area contributed by atoms with Crippen molar-refractivity contribution < 1.29 is 5.11 Å². The highest BCUT2D eigenvalue weighted by Gasteiger charge is 2.28. The summed E-state index contributed by atoms with van der Waals surface area (Å²) in [5.41, 5.74) is 0. The molecule has 1 rings (SSSR count). The molecule has 3 atom stereocenters. The molecule has 2 N–H and O–H groups in total. The Balaban J connectivity index is 2.33. The van der Waals surface area contributed by atoms with Crippen molar-refractivity contribution in [1.82, 2.24) is 5.32 Å². The Labute approximate surface area is 94.5 Å². The molecule has 0 aliphatic heterocycles. The van der Waals surface area contributed by atoms with Gasteiger partial charge in [0.15, 0.2) is 0 Å². The van der Waals surface area contributed by atoms with Gasteiger partial charge in [-0.25, -0.2) is 0 Å². The molecule has 1 fully saturated rings. The van der Waals surface area contributed by atoms with Crippen molar-refractivity contribution in [2.45, 2.75) is 65.0 Å². The van der Waals surface area contributed by atoms with Crippen LogP contribution in [0.4, 0.5) is 0 Å². The monoisotopic (exact) mass is 213 g/mol. The van der Waals surface area contributed by atoms with E-state index in [2.05, 4.69) is 26.1 Å². The van der Waals surface area contributed by atoms with E-state index in [0.717, 1.165) is 24.7 Å². The lowest BCUT2D eigenvalue weighted by Crippen LogP contribution is -2.46. The molecule has 15 heavy (non-hydrogen) atoms. The normalized spacial score (nSPS) is 34.0. The summed E-state index contributed by atoms with van der Waals surface area (Å²) in [6, 6.07) is 1.23. The minimum absolute atomic E-state index is 0.321. The van der Waals surface area contributed by atoms with Crippen LogP contribution in [0.5, 0.6) is 0 Å². The van der Waals surface area contributed by atoms with Crippen LogP contribution in [0.15, 0.2) is 0 Å². The molecule has 1 aliphatic carbocycles. The van der Waals surface area contributed by atoms with E-state index in [4.69, 9.17) is 5.11 Å². The summed E-state index contributed by atoms with van der Waals surface area (Å²) in [7, 11) is 0. The molecule has 0 amide bonds. The van der Waals surface area contributed by atoms with E-state index in [9.17, 15) is 0 Å². The van der Waals surface area contributed by atoms with Crippen LogP contribution in [0, 0.1) is 11.8 Å². The highest BCUT2D eigenvalue weighted by atomic mass is 16.2. The van der Waals surface area contributed by atoms with Crippen LogP contribution in [0.1, 0.15) is 52.9 Å². The third-order valence-electron chi connectivity index (χ3n) is 3.82. The smallest absolute Gasteiger partial charge is 0.0431 e. The zero-order valence-corrected chi connectivity index (χ0v) is 10.5. The van der Waals surface area contributed by atoms with Gasteiger partial charge in [-0.1, -0.05) is 20.3 Å². The first-order chi connectivity index (χ1) is 7.15. The molecule has 1 aliphatic rings. The van der Waals surface area contributed by atoms with Crippen molar-refractivity contribution in [3.63, 3.8) is 0 Å². The van der Waals surface area contributed by atoms with E-state index in [1.54, 1.807) is 0 Å². The van der Waals surface area contributed by atoms with Crippen LogP contribution in [-0.2, 0) is 0 Å². The van der Waals surface area contributed by atoms with Crippen molar-refractivity contribution in [1.29, 1.82) is 0 Å². The first kappa shape index (κ1) is 13.0. The third-order valence-corrected chi connectivity index (χ3v) is 3.82. The number of aliphatic hydroxyl groups is 1. The van der Waals surface area contributed by atoms with Crippen LogP contribution in [0.3, 0.4) is 0 Å². The summed E-state index contributed by atoms with van der Waals surface area (Å²) in [6.07, 6.45) is 6.14. The average Bonchev–Trinajstić information content (AvgIpc) is 2.21. The van der Waals surface area contributed by atoms with Crippen LogP contribution in [-0.4, -0.2) is 23.8 Å². The summed E-state index contributed by atoms with van der Waals surface area (Å²) in [5, 5.41) is 12.5. The summed E-state index contributed by atoms with van der Waals surface area (Å²) in [4.78, 5) is 0. The van der Waals surface area contributed by atoms with E-state index in [1.807, 2.05) is 0 Å². The largest absolute Gasteiger partial charge is 0.396 e. The molecule has 0 aromatic rings. The molecule has 0 aromatic carbocycles. The van der Waals surface area contributed by atoms with E-state index in [1.165, 1.54) is 19.3 Å². The molecule has 0 heterocycles. The molecule has 1 saturated carbocycles. The first-order valence-corrected chi connectivity index (χ1v) is 6.52. The van der Waals surface area contributed by atoms with Crippen molar-refractivity contribution in [2.75, 3.05) is 6.61 Å². The van der Waals surface area contributed by atoms with Gasteiger partial charge >= 0.3 is 0 Å². The minimum Gasteiger partial charge on any atom is -0.396 e. The standard InChI is InChI=1S/C13H27NO/c1-10-6-4-7-11(2)13(10)14-12(3)8-5-9-15/h10-15H,4-9H2,1-3H3. The lowest BCUT2D eigenvalue weighted by atomic mass is 9.78. The van der Waals surface area contributed by atoms with Gasteiger partial charge in [-0.05, 0) is 44.4 Å². The summed E-state index contributed by atoms with van der Waals surface area (Å²) < 4.78 is 0. The predicted molar refractivity (Wildman–Crippen MR) is 64.9 cm³/mol. The highest BCUT2D eigenvalue weighted by molar-refractivity contribution is 4.84. The van der Waals surface area contributed by atoms with Gasteiger partial charge in [0.1, 0.15) is 0 Å². The summed E-state index contributed by atoms with van der Waals surface area (Å²) in [5.74, 6) is 1.62. The van der Waals surface area contributed by atoms with Crippen molar-refractivity contribution >= 4 is 0 Å². The maximum Gasteiger partial charge on any atom is 0.0431 e. The molecule has 0 spiro atoms. The predicted octanol–water partition coefficient (Wildman–Crippen LogP) is 2.56. The number of rotatable bonds is 5. The fourth-order valence-electron chi connectivity index (χ4n) is 2.82. The number of hydrogen-bond acceptors (Lipinski definition) is 2. The van der Waals surface area contributed by atoms with E-state index < -0.39 is 0 Å². The second kappa shape index (κ2) is 6.49. The quantitative estimate of drug-likeness (QED) is 0.735. The molecular weight excluding hydrogens is 186 g/mol. The van der Waals surface area contributed by atoms with Gasteiger partial charge in [-0.3, -0.25) is 0 Å². The molecule has 2 nitrogen and oxygen atoms in total. The summed E-state index contributed by atoms with van der Waals surface area (Å²) in [6.45, 7) is 7.30. The van der Waals surface area contributed by atoms with Gasteiger partial charge in [0, 0.05) is 18.7 Å². The Morgan fingerprint density at radius 3 is 2.40 bits per heavy atom. The van der Waals surface area contributed by atoms with Crippen molar-refractivity contribution in [2.24, 2.45) is 11.8 Å². The van der Waals surface area contributed by atoms with Crippen LogP contribution >= 0.6 is 0 Å². The first-order valence-electron chi connectivity index (χ1n) is 6.52. The van der Waals surface area contributed by atoms with Crippen molar-refractivity contribution in [3.8, 4) is 0 Å². The second-order valence-electron chi connectivity index (χ2n) is 5.34. The molecule has 0 saturated heterocycles. The SMILES string of the molecule is CC(CCCO)NC1C(C)CCCC1C. The second-order valence-corrected chi connectivity index (χ2v) is 5.34. The van der Waals surface area contributed by atoms with Gasteiger partial charge in [-0.15, -0.1) is 0 Å². The molecule has 90 valence electrons. The number of aliphatic hydroxyl groups excluding tert-OH is 1. The fraction of sp³-hybridized carbons (Fsp3) is 1.00. The summed E-state index contributed by atoms with van der Waals surface area (Å²) >= 11 is 0. The maximum atomic E-state index is 8.80. The topological polar surface area (TPSA) is 32.3 Å². The Morgan fingerprint density at radius 1 is 1.27 bits per heavy atom. The van der Waals surface area contributed by atoms with Crippen LogP contribution < -0.4 is 5.32 Å². The van der Waals surface area contributed by atoms with Gasteiger partial charge in [0.05, 0.1) is 0 Å². The fourth-order valence-corrected chi connectivity index (χ4v) is 2.82. The van der Waals surface area contributed by atoms with Gasteiger partial charge in [-0.2, -0.15) is 0 Å². The third kappa shape index (κ3) is 4.12. The molecule has 0 bridgehead atoms. The number of nitrogens with one attached hydrogen (secondary N) is 1. The zero-order valence-electron chi connectivity index (χ0n) is 10.5. The Hall–Kier alpha value is -0.0800. The molecule has 3 unspecified atom stereocenters. The maximum absolute atomic E-state index is 8.80. The zero-order chi connectivity index (χ0) is 11.3. The van der Waals surface area contributed by atoms with E-state index >= 15 is 0 Å². The lowest BCUT2D eigenvalue weighted by molar-refractivity contribution is 0.188. The molecule has 2 heteroatoms. The Bertz CT molecular complexity index is 162. The van der Waals surface area contributed by atoms with Gasteiger partial charge in [0.25, 0.3) is 0 Å². The highest BCUT2D eigenvalue weighted by Crippen LogP contribution is 2.29. The van der Waals surface area contributed by atoms with Crippen LogP contribution in [0.2, 0.25) is 0 Å². The molecule has 0 aromatic heterocycles. The lowest BCUT2D eigenvalue weighted by Gasteiger charge is -2.37. The van der Waals surface area contributed by atoms with Gasteiger partial charge in [0.2, 0.25) is 0 Å². The molecular formula is C13H27NO. The minimum atomic E-state index is 0.321. The van der Waals surface area contributed by atoms with E-state index in [-0.39, 0.29) is 0 Å². The number of hydrogen-bond donors (Lipinski definition) is 2. The van der Waals surface area contributed by atoms with E-state index in [0.29, 0.717) is 18.7 Å². The average molecular weight is 213 g/mol. The Kier molecular flexibility index (Phi) is 5.62. The molecule has 0 radical (unpaired) electrons. The van der Waals surface area contributed by atoms with Crippen LogP contribution in [0.25, 0.3) is 0 Å².